The molecule has 0 saturated carbocycles. The number of carbonyl (C=O) groups excluding carboxylic acids is 1. The topological polar surface area (TPSA) is 46.9 Å². The third kappa shape index (κ3) is 2.85. The molecule has 0 aliphatic heterocycles. The number of carbonyl (C=O) groups is 1. The molecule has 7 heteroatoms. The highest BCUT2D eigenvalue weighted by molar-refractivity contribution is 5.87. The van der Waals surface area contributed by atoms with Crippen LogP contribution < -0.4 is 5.32 Å². The number of hydrogen-bond donors (Lipinski definition) is 1. The summed E-state index contributed by atoms with van der Waals surface area (Å²) in [6, 6.07) is -2.06. The number of nitrogens with one attached hydrogen (secondary N) is 1. The summed E-state index contributed by atoms with van der Waals surface area (Å²) in [5.41, 5.74) is -0.120. The fraction of sp³-hybridized carbons (Fsp3) is 0.333. The number of aryl methyl sites for hydroxylation is 1. The van der Waals surface area contributed by atoms with Crippen molar-refractivity contribution in [3.63, 3.8) is 0 Å². The average Bonchev–Trinajstić information content (AvgIpc) is 2.58. The van der Waals surface area contributed by atoms with Crippen molar-refractivity contribution < 1.29 is 18.0 Å². The van der Waals surface area contributed by atoms with Crippen LogP contribution in [0.1, 0.15) is 11.6 Å². The molecule has 1 aromatic rings. The second kappa shape index (κ2) is 4.38. The van der Waals surface area contributed by atoms with Gasteiger partial charge in [0.25, 0.3) is 0 Å². The Morgan fingerprint density at radius 2 is 2.31 bits per heavy atom. The molecule has 0 bridgehead atoms. The summed E-state index contributed by atoms with van der Waals surface area (Å²) in [6.07, 6.45) is -1.53. The number of hydrogen-bond acceptors (Lipinski definition) is 2. The molecule has 1 rings (SSSR count). The van der Waals surface area contributed by atoms with Crippen LogP contribution in [0.4, 0.5) is 13.2 Å². The van der Waals surface area contributed by atoms with Gasteiger partial charge >= 0.3 is 6.18 Å². The van der Waals surface area contributed by atoms with Crippen LogP contribution in [-0.2, 0) is 11.8 Å². The predicted molar refractivity (Wildman–Crippen MR) is 50.3 cm³/mol. The van der Waals surface area contributed by atoms with Crippen molar-refractivity contribution in [3.05, 3.63) is 30.6 Å². The van der Waals surface area contributed by atoms with E-state index in [-0.39, 0.29) is 5.56 Å². The Morgan fingerprint density at radius 3 is 2.69 bits per heavy atom. The van der Waals surface area contributed by atoms with E-state index in [1.807, 2.05) is 0 Å². The van der Waals surface area contributed by atoms with Crippen LogP contribution in [0.3, 0.4) is 0 Å². The van der Waals surface area contributed by atoms with Crippen LogP contribution in [0.15, 0.2) is 25.0 Å². The molecule has 0 aliphatic rings. The molecule has 16 heavy (non-hydrogen) atoms. The van der Waals surface area contributed by atoms with Crippen molar-refractivity contribution in [2.24, 2.45) is 7.05 Å². The van der Waals surface area contributed by atoms with Gasteiger partial charge in [0.05, 0.1) is 6.20 Å². The minimum Gasteiger partial charge on any atom is -0.337 e. The molecule has 0 spiro atoms. The molecule has 0 aliphatic carbocycles. The van der Waals surface area contributed by atoms with Crippen molar-refractivity contribution in [3.8, 4) is 0 Å². The molecule has 0 radical (unpaired) electrons. The molecular formula is C9H10F3N3O. The van der Waals surface area contributed by atoms with Gasteiger partial charge in [0.1, 0.15) is 0 Å². The fourth-order valence-electron chi connectivity index (χ4n) is 1.14. The zero-order valence-electron chi connectivity index (χ0n) is 8.45. The summed E-state index contributed by atoms with van der Waals surface area (Å²) in [7, 11) is 1.49. The highest BCUT2D eigenvalue weighted by Gasteiger charge is 2.42. The van der Waals surface area contributed by atoms with E-state index in [2.05, 4.69) is 11.7 Å². The standard InChI is InChI=1S/C9H10F3N3O/c1-3-7(16)14-8(9(10,11)12)6-4-13-15(2)5-6/h3-5,8H,1H2,2H3,(H,14,16)/t8-/m0/s1. The second-order valence-corrected chi connectivity index (χ2v) is 3.13. The third-order valence-electron chi connectivity index (χ3n) is 1.86. The van der Waals surface area contributed by atoms with Gasteiger partial charge in [-0.15, -0.1) is 0 Å². The van der Waals surface area contributed by atoms with Gasteiger partial charge in [-0.05, 0) is 6.08 Å². The first-order valence-electron chi connectivity index (χ1n) is 4.32. The van der Waals surface area contributed by atoms with Crippen molar-refractivity contribution in [1.29, 1.82) is 0 Å². The summed E-state index contributed by atoms with van der Waals surface area (Å²) in [4.78, 5) is 10.9. The molecule has 1 aromatic heterocycles. The van der Waals surface area contributed by atoms with E-state index in [1.165, 1.54) is 17.9 Å². The van der Waals surface area contributed by atoms with Crippen LogP contribution in [-0.4, -0.2) is 21.9 Å². The minimum absolute atomic E-state index is 0.120. The van der Waals surface area contributed by atoms with E-state index >= 15 is 0 Å². The van der Waals surface area contributed by atoms with Gasteiger partial charge in [-0.3, -0.25) is 9.48 Å². The molecule has 0 unspecified atom stereocenters. The van der Waals surface area contributed by atoms with E-state index in [1.54, 1.807) is 5.32 Å². The average molecular weight is 233 g/mol. The Bertz CT molecular complexity index is 397. The summed E-state index contributed by atoms with van der Waals surface area (Å²) in [6.45, 7) is 3.09. The van der Waals surface area contributed by atoms with Crippen LogP contribution in [0.25, 0.3) is 0 Å². The first kappa shape index (κ1) is 12.3. The van der Waals surface area contributed by atoms with E-state index in [0.29, 0.717) is 0 Å². The van der Waals surface area contributed by atoms with E-state index in [4.69, 9.17) is 0 Å². The molecule has 1 N–H and O–H groups in total. The third-order valence-corrected chi connectivity index (χ3v) is 1.86. The molecular weight excluding hydrogens is 223 g/mol. The van der Waals surface area contributed by atoms with Gasteiger partial charge in [0, 0.05) is 18.8 Å². The number of nitrogens with zero attached hydrogens (tertiary/aromatic N) is 2. The lowest BCUT2D eigenvalue weighted by Crippen LogP contribution is -2.37. The molecule has 0 fully saturated rings. The maximum atomic E-state index is 12.6. The highest BCUT2D eigenvalue weighted by Crippen LogP contribution is 2.32. The number of alkyl halides is 3. The predicted octanol–water partition coefficient (Wildman–Crippen LogP) is 1.33. The number of amides is 1. The van der Waals surface area contributed by atoms with E-state index in [0.717, 1.165) is 12.3 Å². The van der Waals surface area contributed by atoms with Crippen LogP contribution in [0.2, 0.25) is 0 Å². The zero-order chi connectivity index (χ0) is 12.3. The number of rotatable bonds is 3. The van der Waals surface area contributed by atoms with E-state index < -0.39 is 18.1 Å². The Labute approximate surface area is 89.7 Å². The van der Waals surface area contributed by atoms with Gasteiger partial charge in [0.2, 0.25) is 5.91 Å². The lowest BCUT2D eigenvalue weighted by molar-refractivity contribution is -0.162. The van der Waals surface area contributed by atoms with Gasteiger partial charge in [0.15, 0.2) is 6.04 Å². The Balaban J connectivity index is 2.97. The Hall–Kier alpha value is -1.79. The van der Waals surface area contributed by atoms with Crippen molar-refractivity contribution in [2.45, 2.75) is 12.2 Å². The number of aromatic nitrogens is 2. The minimum atomic E-state index is -4.57. The van der Waals surface area contributed by atoms with E-state index in [9.17, 15) is 18.0 Å². The quantitative estimate of drug-likeness (QED) is 0.800. The first-order valence-corrected chi connectivity index (χ1v) is 4.32. The summed E-state index contributed by atoms with van der Waals surface area (Å²) < 4.78 is 39.1. The summed E-state index contributed by atoms with van der Waals surface area (Å²) >= 11 is 0. The lowest BCUT2D eigenvalue weighted by Gasteiger charge is -2.19. The molecule has 1 atom stereocenters. The van der Waals surface area contributed by atoms with Crippen molar-refractivity contribution in [2.75, 3.05) is 0 Å². The SMILES string of the molecule is C=CC(=O)N[C@@H](c1cnn(C)c1)C(F)(F)F. The molecule has 0 saturated heterocycles. The molecule has 88 valence electrons. The van der Waals surface area contributed by atoms with Crippen LogP contribution in [0, 0.1) is 0 Å². The summed E-state index contributed by atoms with van der Waals surface area (Å²) in [5.74, 6) is -0.883. The highest BCUT2D eigenvalue weighted by atomic mass is 19.4. The van der Waals surface area contributed by atoms with Gasteiger partial charge in [-0.1, -0.05) is 6.58 Å². The summed E-state index contributed by atoms with van der Waals surface area (Å²) in [5, 5.41) is 5.42. The Kier molecular flexibility index (Phi) is 3.36. The van der Waals surface area contributed by atoms with Gasteiger partial charge in [-0.25, -0.2) is 0 Å². The Morgan fingerprint density at radius 1 is 1.69 bits per heavy atom. The monoisotopic (exact) mass is 233 g/mol. The van der Waals surface area contributed by atoms with Gasteiger partial charge in [-0.2, -0.15) is 18.3 Å². The zero-order valence-corrected chi connectivity index (χ0v) is 8.45. The van der Waals surface area contributed by atoms with Gasteiger partial charge < -0.3 is 5.32 Å². The number of halogens is 3. The first-order chi connectivity index (χ1) is 7.34. The largest absolute Gasteiger partial charge is 0.413 e. The molecule has 1 heterocycles. The fourth-order valence-corrected chi connectivity index (χ4v) is 1.14. The molecule has 4 nitrogen and oxygen atoms in total. The van der Waals surface area contributed by atoms with Crippen molar-refractivity contribution in [1.82, 2.24) is 15.1 Å². The lowest BCUT2D eigenvalue weighted by atomic mass is 10.1. The maximum absolute atomic E-state index is 12.6. The normalized spacial score (nSPS) is 13.2. The van der Waals surface area contributed by atoms with Crippen LogP contribution in [0.5, 0.6) is 0 Å². The maximum Gasteiger partial charge on any atom is 0.413 e. The second-order valence-electron chi connectivity index (χ2n) is 3.13. The molecule has 0 aromatic carbocycles. The van der Waals surface area contributed by atoms with Crippen molar-refractivity contribution >= 4 is 5.91 Å². The molecule has 1 amide bonds. The van der Waals surface area contributed by atoms with Crippen LogP contribution >= 0.6 is 0 Å². The smallest absolute Gasteiger partial charge is 0.337 e.